The van der Waals surface area contributed by atoms with Crippen LogP contribution < -0.4 is 4.74 Å². The van der Waals surface area contributed by atoms with Crippen molar-refractivity contribution in [2.75, 3.05) is 0 Å². The van der Waals surface area contributed by atoms with Gasteiger partial charge in [0, 0.05) is 12.4 Å². The van der Waals surface area contributed by atoms with Crippen LogP contribution in [0.15, 0.2) is 73.2 Å². The van der Waals surface area contributed by atoms with Crippen molar-refractivity contribution in [3.8, 4) is 23.4 Å². The lowest BCUT2D eigenvalue weighted by Gasteiger charge is -2.11. The molecule has 0 atom stereocenters. The SMILES string of the molecule is Cc1nn(-c2ccccc2)c(COC(=O)c2cccnc2Oc2cccnc2)c1C#N. The van der Waals surface area contributed by atoms with Crippen molar-refractivity contribution < 1.29 is 14.3 Å². The van der Waals surface area contributed by atoms with Gasteiger partial charge in [-0.25, -0.2) is 14.5 Å². The summed E-state index contributed by atoms with van der Waals surface area (Å²) in [5, 5.41) is 14.0. The highest BCUT2D eigenvalue weighted by Gasteiger charge is 2.21. The van der Waals surface area contributed by atoms with Crippen molar-refractivity contribution >= 4 is 5.97 Å². The Kier molecular flexibility index (Phi) is 5.67. The van der Waals surface area contributed by atoms with Crippen LogP contribution in [0.2, 0.25) is 0 Å². The molecule has 0 fully saturated rings. The van der Waals surface area contributed by atoms with Crippen LogP contribution in [0.25, 0.3) is 5.69 Å². The second-order valence-electron chi connectivity index (χ2n) is 6.49. The Labute approximate surface area is 178 Å². The molecule has 4 rings (SSSR count). The molecule has 0 saturated heterocycles. The Morgan fingerprint density at radius 2 is 1.90 bits per heavy atom. The molecule has 0 radical (unpaired) electrons. The van der Waals surface area contributed by atoms with Gasteiger partial charge < -0.3 is 9.47 Å². The first-order chi connectivity index (χ1) is 15.2. The number of hydrogen-bond acceptors (Lipinski definition) is 7. The number of carbonyl (C=O) groups excluding carboxylic acids is 1. The largest absolute Gasteiger partial charge is 0.455 e. The van der Waals surface area contributed by atoms with E-state index in [0.717, 1.165) is 5.69 Å². The monoisotopic (exact) mass is 411 g/mol. The van der Waals surface area contributed by atoms with Gasteiger partial charge in [-0.1, -0.05) is 18.2 Å². The number of nitriles is 1. The molecule has 0 aliphatic heterocycles. The fourth-order valence-electron chi connectivity index (χ4n) is 2.99. The van der Waals surface area contributed by atoms with Gasteiger partial charge in [-0.2, -0.15) is 10.4 Å². The molecule has 0 N–H and O–H groups in total. The first-order valence-electron chi connectivity index (χ1n) is 9.41. The predicted molar refractivity (Wildman–Crippen MR) is 111 cm³/mol. The minimum atomic E-state index is -0.630. The summed E-state index contributed by atoms with van der Waals surface area (Å²) in [6, 6.07) is 18.1. The van der Waals surface area contributed by atoms with E-state index < -0.39 is 5.97 Å². The van der Waals surface area contributed by atoms with Crippen molar-refractivity contribution in [3.63, 3.8) is 0 Å². The summed E-state index contributed by atoms with van der Waals surface area (Å²) >= 11 is 0. The summed E-state index contributed by atoms with van der Waals surface area (Å²) in [6.07, 6.45) is 4.65. The molecule has 8 heteroatoms. The second kappa shape index (κ2) is 8.88. The molecule has 0 bridgehead atoms. The molecular weight excluding hydrogens is 394 g/mol. The third kappa shape index (κ3) is 4.26. The fourth-order valence-corrected chi connectivity index (χ4v) is 2.99. The minimum absolute atomic E-state index is 0.105. The maximum absolute atomic E-state index is 12.8. The zero-order chi connectivity index (χ0) is 21.6. The molecule has 4 aromatic rings. The first-order valence-corrected chi connectivity index (χ1v) is 9.41. The maximum Gasteiger partial charge on any atom is 0.344 e. The van der Waals surface area contributed by atoms with E-state index in [-0.39, 0.29) is 18.1 Å². The summed E-state index contributed by atoms with van der Waals surface area (Å²) in [7, 11) is 0. The average Bonchev–Trinajstić information content (AvgIpc) is 3.14. The predicted octanol–water partition coefficient (Wildman–Crippen LogP) is 3.99. The van der Waals surface area contributed by atoms with Crippen molar-refractivity contribution in [2.24, 2.45) is 0 Å². The van der Waals surface area contributed by atoms with Gasteiger partial charge in [0.1, 0.15) is 29.6 Å². The second-order valence-corrected chi connectivity index (χ2v) is 6.49. The topological polar surface area (TPSA) is 103 Å². The number of benzene rings is 1. The van der Waals surface area contributed by atoms with E-state index >= 15 is 0 Å². The van der Waals surface area contributed by atoms with Gasteiger partial charge in [0.2, 0.25) is 5.88 Å². The standard InChI is InChI=1S/C23H17N5O3/c1-16-20(13-24)21(28(27-16)17-7-3-2-4-8-17)15-30-23(29)19-10-6-12-26-22(19)31-18-9-5-11-25-14-18/h2-12,14H,15H2,1H3. The molecule has 152 valence electrons. The number of nitrogens with zero attached hydrogens (tertiary/aromatic N) is 5. The van der Waals surface area contributed by atoms with E-state index in [0.29, 0.717) is 22.7 Å². The average molecular weight is 411 g/mol. The molecule has 1 aromatic carbocycles. The molecule has 0 saturated carbocycles. The van der Waals surface area contributed by atoms with Gasteiger partial charge in [-0.15, -0.1) is 0 Å². The van der Waals surface area contributed by atoms with E-state index in [1.807, 2.05) is 30.3 Å². The van der Waals surface area contributed by atoms with Gasteiger partial charge in [0.25, 0.3) is 0 Å². The molecule has 31 heavy (non-hydrogen) atoms. The van der Waals surface area contributed by atoms with Crippen LogP contribution in [0.1, 0.15) is 27.3 Å². The molecule has 0 aliphatic carbocycles. The van der Waals surface area contributed by atoms with Gasteiger partial charge in [0.15, 0.2) is 0 Å². The highest BCUT2D eigenvalue weighted by atomic mass is 16.5. The van der Waals surface area contributed by atoms with Crippen LogP contribution in [0.3, 0.4) is 0 Å². The molecule has 0 aliphatic rings. The van der Waals surface area contributed by atoms with Crippen LogP contribution in [0, 0.1) is 18.3 Å². The Balaban J connectivity index is 1.59. The summed E-state index contributed by atoms with van der Waals surface area (Å²) in [6.45, 7) is 1.60. The van der Waals surface area contributed by atoms with E-state index in [1.54, 1.807) is 42.1 Å². The first kappa shape index (κ1) is 19.8. The number of para-hydroxylation sites is 1. The number of pyridine rings is 2. The van der Waals surface area contributed by atoms with E-state index in [9.17, 15) is 10.1 Å². The Bertz CT molecular complexity index is 1250. The summed E-state index contributed by atoms with van der Waals surface area (Å²) in [4.78, 5) is 20.9. The van der Waals surface area contributed by atoms with Gasteiger partial charge >= 0.3 is 5.97 Å². The molecule has 0 spiro atoms. The van der Waals surface area contributed by atoms with Crippen LogP contribution in [0.4, 0.5) is 0 Å². The van der Waals surface area contributed by atoms with Gasteiger partial charge in [-0.05, 0) is 43.3 Å². The third-order valence-corrected chi connectivity index (χ3v) is 4.45. The number of aromatic nitrogens is 4. The van der Waals surface area contributed by atoms with E-state index in [1.165, 1.54) is 12.4 Å². The van der Waals surface area contributed by atoms with Crippen LogP contribution >= 0.6 is 0 Å². The van der Waals surface area contributed by atoms with Crippen molar-refractivity contribution in [2.45, 2.75) is 13.5 Å². The van der Waals surface area contributed by atoms with Crippen LogP contribution in [-0.4, -0.2) is 25.7 Å². The van der Waals surface area contributed by atoms with Gasteiger partial charge in [-0.3, -0.25) is 4.98 Å². The zero-order valence-corrected chi connectivity index (χ0v) is 16.6. The smallest absolute Gasteiger partial charge is 0.344 e. The molecule has 3 aromatic heterocycles. The van der Waals surface area contributed by atoms with Gasteiger partial charge in [0.05, 0.1) is 23.3 Å². The molecule has 0 amide bonds. The van der Waals surface area contributed by atoms with Crippen molar-refractivity contribution in [1.29, 1.82) is 5.26 Å². The maximum atomic E-state index is 12.8. The molecular formula is C23H17N5O3. The Morgan fingerprint density at radius 1 is 1.10 bits per heavy atom. The van der Waals surface area contributed by atoms with E-state index in [4.69, 9.17) is 9.47 Å². The normalized spacial score (nSPS) is 10.3. The highest BCUT2D eigenvalue weighted by Crippen LogP contribution is 2.24. The minimum Gasteiger partial charge on any atom is -0.455 e. The zero-order valence-electron chi connectivity index (χ0n) is 16.6. The summed E-state index contributed by atoms with van der Waals surface area (Å²) in [5.74, 6) is -0.0807. The third-order valence-electron chi connectivity index (χ3n) is 4.45. The number of carbonyl (C=O) groups is 1. The summed E-state index contributed by atoms with van der Waals surface area (Å²) < 4.78 is 12.8. The number of aryl methyl sites for hydroxylation is 1. The molecule has 0 unspecified atom stereocenters. The quantitative estimate of drug-likeness (QED) is 0.442. The number of hydrogen-bond donors (Lipinski definition) is 0. The number of esters is 1. The fraction of sp³-hybridized carbons (Fsp3) is 0.0870. The van der Waals surface area contributed by atoms with Crippen molar-refractivity contribution in [3.05, 3.63) is 95.7 Å². The van der Waals surface area contributed by atoms with Crippen molar-refractivity contribution in [1.82, 2.24) is 19.7 Å². The highest BCUT2D eigenvalue weighted by molar-refractivity contribution is 5.91. The lowest BCUT2D eigenvalue weighted by atomic mass is 10.2. The Morgan fingerprint density at radius 3 is 2.65 bits per heavy atom. The van der Waals surface area contributed by atoms with E-state index in [2.05, 4.69) is 21.1 Å². The Hall–Kier alpha value is -4.51. The summed E-state index contributed by atoms with van der Waals surface area (Å²) in [5.41, 5.74) is 2.33. The van der Waals surface area contributed by atoms with Crippen LogP contribution in [0.5, 0.6) is 11.6 Å². The lowest BCUT2D eigenvalue weighted by molar-refractivity contribution is 0.0461. The lowest BCUT2D eigenvalue weighted by Crippen LogP contribution is -2.11. The molecule has 3 heterocycles. The molecule has 8 nitrogen and oxygen atoms in total. The number of ether oxygens (including phenoxy) is 2. The number of rotatable bonds is 6. The van der Waals surface area contributed by atoms with Crippen LogP contribution in [-0.2, 0) is 11.3 Å².